The van der Waals surface area contributed by atoms with Crippen LogP contribution in [0.15, 0.2) is 42.5 Å². The first-order chi connectivity index (χ1) is 10.3. The van der Waals surface area contributed by atoms with Crippen molar-refractivity contribution in [2.24, 2.45) is 5.73 Å². The van der Waals surface area contributed by atoms with Gasteiger partial charge in [-0.2, -0.15) is 0 Å². The minimum atomic E-state index is -4.69. The predicted octanol–water partition coefficient (Wildman–Crippen LogP) is 3.55. The van der Waals surface area contributed by atoms with Crippen molar-refractivity contribution >= 4 is 0 Å². The summed E-state index contributed by atoms with van der Waals surface area (Å²) in [6, 6.07) is 10.7. The number of benzene rings is 2. The Morgan fingerprint density at radius 1 is 1.09 bits per heavy atom. The molecule has 2 aromatic rings. The molecule has 2 rings (SSSR count). The van der Waals surface area contributed by atoms with Crippen molar-refractivity contribution in [3.63, 3.8) is 0 Å². The molecule has 0 aliphatic rings. The smallest absolute Gasteiger partial charge is 0.406 e. The second kappa shape index (κ2) is 6.37. The van der Waals surface area contributed by atoms with Crippen LogP contribution in [0.3, 0.4) is 0 Å². The van der Waals surface area contributed by atoms with Crippen LogP contribution in [0.1, 0.15) is 17.2 Å². The van der Waals surface area contributed by atoms with E-state index in [-0.39, 0.29) is 12.4 Å². The average molecular weight is 311 g/mol. The van der Waals surface area contributed by atoms with Gasteiger partial charge in [-0.3, -0.25) is 0 Å². The monoisotopic (exact) mass is 311 g/mol. The second-order valence-corrected chi connectivity index (χ2v) is 4.93. The molecule has 3 N–H and O–H groups in total. The van der Waals surface area contributed by atoms with Gasteiger partial charge in [0.25, 0.3) is 0 Å². The molecule has 0 aliphatic carbocycles. The van der Waals surface area contributed by atoms with E-state index < -0.39 is 12.4 Å². The minimum absolute atomic E-state index is 0.149. The Morgan fingerprint density at radius 3 is 2.18 bits per heavy atom. The van der Waals surface area contributed by atoms with Gasteiger partial charge in [0, 0.05) is 0 Å². The van der Waals surface area contributed by atoms with Crippen molar-refractivity contribution in [3.05, 3.63) is 53.6 Å². The van der Waals surface area contributed by atoms with E-state index in [1.54, 1.807) is 12.1 Å². The van der Waals surface area contributed by atoms with Crippen molar-refractivity contribution in [3.8, 4) is 16.9 Å². The molecular weight excluding hydrogens is 295 g/mol. The molecule has 1 atom stereocenters. The lowest BCUT2D eigenvalue weighted by Crippen LogP contribution is -2.16. The van der Waals surface area contributed by atoms with E-state index in [1.165, 1.54) is 12.1 Å². The topological polar surface area (TPSA) is 55.5 Å². The maximum Gasteiger partial charge on any atom is 0.573 e. The summed E-state index contributed by atoms with van der Waals surface area (Å²) in [6.45, 7) is 1.72. The number of halogens is 3. The standard InChI is InChI=1S/C16H16F3NO2/c1-10-8-12(4-7-14(10)15(20)9-21)11-2-5-13(6-3-11)22-16(17,18)19/h2-8,15,21H,9,20H2,1H3. The first-order valence-corrected chi connectivity index (χ1v) is 6.63. The fraction of sp³-hybridized carbons (Fsp3) is 0.250. The van der Waals surface area contributed by atoms with E-state index in [0.29, 0.717) is 0 Å². The zero-order valence-corrected chi connectivity index (χ0v) is 11.9. The fourth-order valence-corrected chi connectivity index (χ4v) is 2.22. The number of alkyl halides is 3. The summed E-state index contributed by atoms with van der Waals surface area (Å²) in [7, 11) is 0. The molecule has 0 bridgehead atoms. The third-order valence-electron chi connectivity index (χ3n) is 3.29. The van der Waals surface area contributed by atoms with E-state index in [0.717, 1.165) is 22.3 Å². The zero-order chi connectivity index (χ0) is 16.3. The summed E-state index contributed by atoms with van der Waals surface area (Å²) in [5.74, 6) is -0.258. The van der Waals surface area contributed by atoms with Gasteiger partial charge in [0.05, 0.1) is 12.6 Å². The van der Waals surface area contributed by atoms with Gasteiger partial charge in [-0.05, 0) is 41.3 Å². The Kier molecular flexibility index (Phi) is 4.73. The van der Waals surface area contributed by atoms with E-state index in [9.17, 15) is 13.2 Å². The van der Waals surface area contributed by atoms with Gasteiger partial charge in [-0.15, -0.1) is 13.2 Å². The third kappa shape index (κ3) is 3.99. The number of nitrogens with two attached hydrogens (primary N) is 1. The number of aliphatic hydroxyl groups excluding tert-OH is 1. The molecule has 22 heavy (non-hydrogen) atoms. The number of rotatable bonds is 4. The normalized spacial score (nSPS) is 13.0. The van der Waals surface area contributed by atoms with Crippen molar-refractivity contribution in [2.45, 2.75) is 19.3 Å². The van der Waals surface area contributed by atoms with Gasteiger partial charge >= 0.3 is 6.36 Å². The first-order valence-electron chi connectivity index (χ1n) is 6.63. The lowest BCUT2D eigenvalue weighted by atomic mass is 9.96. The molecule has 0 aliphatic heterocycles. The quantitative estimate of drug-likeness (QED) is 0.908. The number of aliphatic hydroxyl groups is 1. The van der Waals surface area contributed by atoms with Gasteiger partial charge in [0.1, 0.15) is 5.75 Å². The van der Waals surface area contributed by atoms with E-state index in [2.05, 4.69) is 4.74 Å². The number of hydrogen-bond donors (Lipinski definition) is 2. The molecule has 1 unspecified atom stereocenters. The van der Waals surface area contributed by atoms with Gasteiger partial charge in [0.2, 0.25) is 0 Å². The summed E-state index contributed by atoms with van der Waals surface area (Å²) < 4.78 is 40.2. The Labute approximate surface area is 126 Å². The molecular formula is C16H16F3NO2. The average Bonchev–Trinajstić information content (AvgIpc) is 2.45. The summed E-state index contributed by atoms with van der Waals surface area (Å²) in [5.41, 5.74) is 9.15. The Bertz CT molecular complexity index is 639. The van der Waals surface area contributed by atoms with Crippen LogP contribution < -0.4 is 10.5 Å². The summed E-state index contributed by atoms with van der Waals surface area (Å²) in [5, 5.41) is 9.09. The first kappa shape index (κ1) is 16.3. The predicted molar refractivity (Wildman–Crippen MR) is 77.3 cm³/mol. The van der Waals surface area contributed by atoms with Crippen LogP contribution in [-0.4, -0.2) is 18.1 Å². The Morgan fingerprint density at radius 2 is 1.68 bits per heavy atom. The van der Waals surface area contributed by atoms with Crippen LogP contribution in [0.25, 0.3) is 11.1 Å². The lowest BCUT2D eigenvalue weighted by Gasteiger charge is -2.14. The van der Waals surface area contributed by atoms with Crippen LogP contribution in [0.5, 0.6) is 5.75 Å². The molecule has 0 heterocycles. The second-order valence-electron chi connectivity index (χ2n) is 4.93. The Hall–Kier alpha value is -2.05. The number of ether oxygens (including phenoxy) is 1. The van der Waals surface area contributed by atoms with Crippen LogP contribution in [0.2, 0.25) is 0 Å². The van der Waals surface area contributed by atoms with Gasteiger partial charge in [0.15, 0.2) is 0 Å². The minimum Gasteiger partial charge on any atom is -0.406 e. The molecule has 0 aromatic heterocycles. The molecule has 0 radical (unpaired) electrons. The summed E-state index contributed by atoms with van der Waals surface area (Å²) >= 11 is 0. The highest BCUT2D eigenvalue weighted by molar-refractivity contribution is 5.65. The van der Waals surface area contributed by atoms with Crippen LogP contribution in [-0.2, 0) is 0 Å². The highest BCUT2D eigenvalue weighted by Crippen LogP contribution is 2.28. The fourth-order valence-electron chi connectivity index (χ4n) is 2.22. The summed E-state index contributed by atoms with van der Waals surface area (Å²) in [4.78, 5) is 0. The SMILES string of the molecule is Cc1cc(-c2ccc(OC(F)(F)F)cc2)ccc1C(N)CO. The van der Waals surface area contributed by atoms with E-state index in [4.69, 9.17) is 10.8 Å². The number of aryl methyl sites for hydroxylation is 1. The molecule has 0 amide bonds. The third-order valence-corrected chi connectivity index (χ3v) is 3.29. The van der Waals surface area contributed by atoms with Gasteiger partial charge in [-0.25, -0.2) is 0 Å². The highest BCUT2D eigenvalue weighted by Gasteiger charge is 2.30. The molecule has 6 heteroatoms. The lowest BCUT2D eigenvalue weighted by molar-refractivity contribution is -0.274. The molecule has 0 fully saturated rings. The maximum absolute atomic E-state index is 12.1. The van der Waals surface area contributed by atoms with E-state index in [1.807, 2.05) is 25.1 Å². The molecule has 2 aromatic carbocycles. The molecule has 3 nitrogen and oxygen atoms in total. The maximum atomic E-state index is 12.1. The van der Waals surface area contributed by atoms with Crippen LogP contribution in [0.4, 0.5) is 13.2 Å². The summed E-state index contributed by atoms with van der Waals surface area (Å²) in [6.07, 6.45) is -4.69. The number of hydrogen-bond acceptors (Lipinski definition) is 3. The highest BCUT2D eigenvalue weighted by atomic mass is 19.4. The Balaban J connectivity index is 2.23. The van der Waals surface area contributed by atoms with Crippen molar-refractivity contribution < 1.29 is 23.0 Å². The van der Waals surface area contributed by atoms with Crippen molar-refractivity contribution in [2.75, 3.05) is 6.61 Å². The molecule has 0 saturated heterocycles. The van der Waals surface area contributed by atoms with Gasteiger partial charge in [-0.1, -0.05) is 30.3 Å². The van der Waals surface area contributed by atoms with Crippen molar-refractivity contribution in [1.29, 1.82) is 0 Å². The molecule has 0 saturated carbocycles. The molecule has 118 valence electrons. The van der Waals surface area contributed by atoms with E-state index >= 15 is 0 Å². The molecule has 0 spiro atoms. The van der Waals surface area contributed by atoms with Gasteiger partial charge < -0.3 is 15.6 Å². The van der Waals surface area contributed by atoms with Crippen molar-refractivity contribution in [1.82, 2.24) is 0 Å². The zero-order valence-electron chi connectivity index (χ0n) is 11.9. The van der Waals surface area contributed by atoms with Crippen LogP contribution in [0, 0.1) is 6.92 Å². The largest absolute Gasteiger partial charge is 0.573 e. The van der Waals surface area contributed by atoms with Crippen LogP contribution >= 0.6 is 0 Å².